The quantitative estimate of drug-likeness (QED) is 0.593. The third kappa shape index (κ3) is 1.42. The molecule has 1 saturated carbocycles. The topological polar surface area (TPSA) is 12.9 Å². The van der Waals surface area contributed by atoms with Gasteiger partial charge < -0.3 is 0 Å². The van der Waals surface area contributed by atoms with E-state index in [1.165, 1.54) is 18.4 Å². The maximum atomic E-state index is 4.23. The van der Waals surface area contributed by atoms with Gasteiger partial charge in [0.2, 0.25) is 0 Å². The molecule has 0 spiro atoms. The molecule has 1 radical (unpaired) electrons. The van der Waals surface area contributed by atoms with Gasteiger partial charge in [0.15, 0.2) is 0 Å². The van der Waals surface area contributed by atoms with E-state index in [1.807, 2.05) is 6.92 Å². The number of aromatic nitrogens is 1. The Bertz CT molecular complexity index is 254. The first-order valence-electron chi connectivity index (χ1n) is 4.06. The number of rotatable bonds is 1. The lowest BCUT2D eigenvalue weighted by Gasteiger charge is -2.00. The highest BCUT2D eigenvalue weighted by Gasteiger charge is 2.23. The first-order valence-corrected chi connectivity index (χ1v) is 4.06. The highest BCUT2D eigenvalue weighted by atomic mass is 14.7. The van der Waals surface area contributed by atoms with E-state index >= 15 is 0 Å². The summed E-state index contributed by atoms with van der Waals surface area (Å²) in [5, 5.41) is 0. The fourth-order valence-electron chi connectivity index (χ4n) is 1.42. The molecule has 1 heterocycles. The van der Waals surface area contributed by atoms with E-state index in [9.17, 15) is 0 Å². The average Bonchev–Trinajstić information content (AvgIpc) is 2.64. The van der Waals surface area contributed by atoms with E-state index in [1.54, 1.807) is 0 Å². The zero-order valence-electron chi connectivity index (χ0n) is 6.80. The number of nitrogens with zero attached hydrogens (tertiary/aromatic N) is 1. The molecule has 1 nitrogen and oxygen atoms in total. The lowest BCUT2D eigenvalue weighted by atomic mass is 10.1. The van der Waals surface area contributed by atoms with Crippen LogP contribution < -0.4 is 0 Å². The standard InChI is InChI=1S/C10H12N/c1-7-5-10(9-3-4-9)6-8(2)11-7/h5-6,9H,1,3-4H2,2H3. The number of aryl methyl sites for hydroxylation is 1. The van der Waals surface area contributed by atoms with Gasteiger partial charge in [-0.05, 0) is 50.3 Å². The molecule has 0 bridgehead atoms. The van der Waals surface area contributed by atoms with Crippen LogP contribution in [0.1, 0.15) is 35.7 Å². The van der Waals surface area contributed by atoms with Crippen molar-refractivity contribution < 1.29 is 0 Å². The summed E-state index contributed by atoms with van der Waals surface area (Å²) < 4.78 is 0. The average molecular weight is 146 g/mol. The Morgan fingerprint density at radius 2 is 2.18 bits per heavy atom. The van der Waals surface area contributed by atoms with Crippen LogP contribution in [0.25, 0.3) is 0 Å². The molecule has 1 aromatic heterocycles. The summed E-state index contributed by atoms with van der Waals surface area (Å²) in [5.74, 6) is 0.817. The highest BCUT2D eigenvalue weighted by molar-refractivity contribution is 5.28. The molecular weight excluding hydrogens is 134 g/mol. The van der Waals surface area contributed by atoms with E-state index in [0.29, 0.717) is 0 Å². The van der Waals surface area contributed by atoms with E-state index in [0.717, 1.165) is 17.3 Å². The molecular formula is C10H12N. The summed E-state index contributed by atoms with van der Waals surface area (Å²) in [6.45, 7) is 5.87. The summed E-state index contributed by atoms with van der Waals surface area (Å²) in [6, 6.07) is 4.27. The Hall–Kier alpha value is -0.850. The fraction of sp³-hybridized carbons (Fsp3) is 0.400. The van der Waals surface area contributed by atoms with Crippen LogP contribution in [0, 0.1) is 13.8 Å². The van der Waals surface area contributed by atoms with Crippen molar-refractivity contribution >= 4 is 0 Å². The third-order valence-corrected chi connectivity index (χ3v) is 2.08. The van der Waals surface area contributed by atoms with Crippen LogP contribution in [0.4, 0.5) is 0 Å². The van der Waals surface area contributed by atoms with Gasteiger partial charge in [-0.3, -0.25) is 4.98 Å². The van der Waals surface area contributed by atoms with Gasteiger partial charge in [-0.25, -0.2) is 0 Å². The first-order chi connectivity index (χ1) is 5.25. The minimum atomic E-state index is 0.817. The van der Waals surface area contributed by atoms with Crippen LogP contribution in [-0.4, -0.2) is 4.98 Å². The van der Waals surface area contributed by atoms with E-state index in [4.69, 9.17) is 0 Å². The maximum absolute atomic E-state index is 4.23. The van der Waals surface area contributed by atoms with E-state index in [-0.39, 0.29) is 0 Å². The van der Waals surface area contributed by atoms with Crippen LogP contribution in [0.3, 0.4) is 0 Å². The largest absolute Gasteiger partial charge is 0.258 e. The molecule has 1 aliphatic carbocycles. The molecule has 0 aromatic carbocycles. The Morgan fingerprint density at radius 1 is 1.45 bits per heavy atom. The third-order valence-electron chi connectivity index (χ3n) is 2.08. The second-order valence-corrected chi connectivity index (χ2v) is 3.31. The highest BCUT2D eigenvalue weighted by Crippen LogP contribution is 2.40. The van der Waals surface area contributed by atoms with Crippen LogP contribution >= 0.6 is 0 Å². The first kappa shape index (κ1) is 6.84. The SMILES string of the molecule is [CH2]c1cc(C2CC2)cc(C)n1. The molecule has 1 aromatic rings. The lowest BCUT2D eigenvalue weighted by molar-refractivity contribution is 1.06. The van der Waals surface area contributed by atoms with Crippen LogP contribution in [0.15, 0.2) is 12.1 Å². The van der Waals surface area contributed by atoms with Crippen molar-refractivity contribution in [1.29, 1.82) is 0 Å². The summed E-state index contributed by atoms with van der Waals surface area (Å²) >= 11 is 0. The number of hydrogen-bond acceptors (Lipinski definition) is 1. The molecule has 11 heavy (non-hydrogen) atoms. The molecule has 0 aliphatic heterocycles. The Labute approximate surface area is 67.5 Å². The molecule has 57 valence electrons. The number of hydrogen-bond donors (Lipinski definition) is 0. The molecule has 1 heteroatoms. The van der Waals surface area contributed by atoms with Gasteiger partial charge in [0.05, 0.1) is 0 Å². The molecule has 1 fully saturated rings. The minimum Gasteiger partial charge on any atom is -0.258 e. The van der Waals surface area contributed by atoms with Crippen LogP contribution in [0.5, 0.6) is 0 Å². The second-order valence-electron chi connectivity index (χ2n) is 3.31. The minimum absolute atomic E-state index is 0.817. The van der Waals surface area contributed by atoms with Crippen molar-refractivity contribution in [3.63, 3.8) is 0 Å². The fourth-order valence-corrected chi connectivity index (χ4v) is 1.42. The Morgan fingerprint density at radius 3 is 2.73 bits per heavy atom. The van der Waals surface area contributed by atoms with E-state index < -0.39 is 0 Å². The smallest absolute Gasteiger partial charge is 0.0413 e. The van der Waals surface area contributed by atoms with Crippen molar-refractivity contribution in [1.82, 2.24) is 4.98 Å². The summed E-state index contributed by atoms with van der Waals surface area (Å²) in [4.78, 5) is 4.23. The van der Waals surface area contributed by atoms with Crippen molar-refractivity contribution in [2.75, 3.05) is 0 Å². The zero-order chi connectivity index (χ0) is 7.84. The van der Waals surface area contributed by atoms with Gasteiger partial charge in [-0.2, -0.15) is 0 Å². The normalized spacial score (nSPS) is 16.9. The van der Waals surface area contributed by atoms with E-state index in [2.05, 4.69) is 24.0 Å². The van der Waals surface area contributed by atoms with Crippen molar-refractivity contribution in [3.8, 4) is 0 Å². The van der Waals surface area contributed by atoms with Gasteiger partial charge in [0.1, 0.15) is 0 Å². The van der Waals surface area contributed by atoms with Crippen LogP contribution in [-0.2, 0) is 0 Å². The Balaban J connectivity index is 2.39. The van der Waals surface area contributed by atoms with Gasteiger partial charge in [-0.15, -0.1) is 0 Å². The molecule has 2 rings (SSSR count). The maximum Gasteiger partial charge on any atom is 0.0413 e. The van der Waals surface area contributed by atoms with Crippen molar-refractivity contribution in [2.45, 2.75) is 25.7 Å². The molecule has 0 amide bonds. The monoisotopic (exact) mass is 146 g/mol. The van der Waals surface area contributed by atoms with Gasteiger partial charge >= 0.3 is 0 Å². The molecule has 0 unspecified atom stereocenters. The zero-order valence-corrected chi connectivity index (χ0v) is 6.80. The number of pyridine rings is 1. The molecule has 1 aliphatic rings. The van der Waals surface area contributed by atoms with Gasteiger partial charge in [-0.1, -0.05) is 0 Å². The van der Waals surface area contributed by atoms with Crippen molar-refractivity contribution in [3.05, 3.63) is 36.0 Å². The lowest BCUT2D eigenvalue weighted by Crippen LogP contribution is -1.89. The predicted octanol–water partition coefficient (Wildman–Crippen LogP) is 2.45. The second kappa shape index (κ2) is 2.33. The molecule has 0 saturated heterocycles. The van der Waals surface area contributed by atoms with Gasteiger partial charge in [0.25, 0.3) is 0 Å². The van der Waals surface area contributed by atoms with Crippen LogP contribution in [0.2, 0.25) is 0 Å². The summed E-state index contributed by atoms with van der Waals surface area (Å²) in [7, 11) is 0. The van der Waals surface area contributed by atoms with Gasteiger partial charge in [0, 0.05) is 11.4 Å². The molecule has 0 N–H and O–H groups in total. The summed E-state index contributed by atoms with van der Waals surface area (Å²) in [5.41, 5.74) is 3.44. The van der Waals surface area contributed by atoms with Crippen molar-refractivity contribution in [2.24, 2.45) is 0 Å². The summed E-state index contributed by atoms with van der Waals surface area (Å²) in [6.07, 6.45) is 2.70. The molecule has 0 atom stereocenters. The predicted molar refractivity (Wildman–Crippen MR) is 45.4 cm³/mol. The Kier molecular flexibility index (Phi) is 1.45.